The van der Waals surface area contributed by atoms with Crippen LogP contribution in [0.5, 0.6) is 0 Å². The summed E-state index contributed by atoms with van der Waals surface area (Å²) in [6.07, 6.45) is 0. The normalized spacial score (nSPS) is 24.7. The van der Waals surface area contributed by atoms with Gasteiger partial charge in [0.2, 0.25) is 5.91 Å². The van der Waals surface area contributed by atoms with Crippen molar-refractivity contribution in [2.75, 3.05) is 27.2 Å². The lowest BCUT2D eigenvalue weighted by Crippen LogP contribution is -2.37. The van der Waals surface area contributed by atoms with Crippen molar-refractivity contribution in [1.29, 1.82) is 0 Å². The fraction of sp³-hybridized carbons (Fsp3) is 0.467. The van der Waals surface area contributed by atoms with Crippen molar-refractivity contribution in [2.24, 2.45) is 10.9 Å². The van der Waals surface area contributed by atoms with Gasteiger partial charge in [-0.3, -0.25) is 9.69 Å². The molecule has 0 aliphatic carbocycles. The second-order valence-electron chi connectivity index (χ2n) is 5.56. The largest absolute Gasteiger partial charge is 0.308 e. The van der Waals surface area contributed by atoms with E-state index in [0.717, 1.165) is 18.1 Å². The Bertz CT molecular complexity index is 570. The first-order valence-corrected chi connectivity index (χ1v) is 7.76. The molecule has 0 aromatic heterocycles. The molecule has 0 spiro atoms. The molecule has 0 unspecified atom stereocenters. The van der Waals surface area contributed by atoms with E-state index in [2.05, 4.69) is 11.0 Å². The van der Waals surface area contributed by atoms with Gasteiger partial charge >= 0.3 is 0 Å². The maximum Gasteiger partial charge on any atom is 0.232 e. The Kier molecular flexibility index (Phi) is 3.56. The number of benzene rings is 1. The molecule has 2 aliphatic heterocycles. The van der Waals surface area contributed by atoms with Gasteiger partial charge in [0, 0.05) is 18.0 Å². The highest BCUT2D eigenvalue weighted by molar-refractivity contribution is 8.01. The lowest BCUT2D eigenvalue weighted by atomic mass is 10.1. The second kappa shape index (κ2) is 5.22. The van der Waals surface area contributed by atoms with Crippen LogP contribution in [0.25, 0.3) is 0 Å². The van der Waals surface area contributed by atoms with E-state index in [-0.39, 0.29) is 17.1 Å². The predicted molar refractivity (Wildman–Crippen MR) is 82.6 cm³/mol. The number of rotatable bonds is 3. The van der Waals surface area contributed by atoms with Crippen LogP contribution in [0.4, 0.5) is 5.69 Å². The number of carbonyl (C=O) groups is 1. The molecule has 0 N–H and O–H groups in total. The molecule has 3 rings (SSSR count). The Labute approximate surface area is 123 Å². The van der Waals surface area contributed by atoms with Crippen molar-refractivity contribution in [2.45, 2.75) is 17.1 Å². The number of thioether (sulfide) groups is 1. The van der Waals surface area contributed by atoms with Gasteiger partial charge in [-0.1, -0.05) is 19.1 Å². The van der Waals surface area contributed by atoms with Gasteiger partial charge in [-0.05, 0) is 26.2 Å². The van der Waals surface area contributed by atoms with Crippen LogP contribution in [-0.2, 0) is 4.79 Å². The quantitative estimate of drug-likeness (QED) is 0.856. The van der Waals surface area contributed by atoms with Crippen LogP contribution >= 0.6 is 11.8 Å². The summed E-state index contributed by atoms with van der Waals surface area (Å²) in [6.45, 7) is 3.59. The zero-order valence-corrected chi connectivity index (χ0v) is 12.9. The van der Waals surface area contributed by atoms with Crippen molar-refractivity contribution in [1.82, 2.24) is 9.80 Å². The molecule has 4 nitrogen and oxygen atoms in total. The van der Waals surface area contributed by atoms with Crippen molar-refractivity contribution >= 4 is 29.2 Å². The Morgan fingerprint density at radius 3 is 2.85 bits per heavy atom. The zero-order chi connectivity index (χ0) is 14.3. The molecule has 5 heteroatoms. The lowest BCUT2D eigenvalue weighted by molar-refractivity contribution is -0.128. The number of nitrogens with zero attached hydrogens (tertiary/aromatic N) is 3. The third-order valence-electron chi connectivity index (χ3n) is 3.77. The number of para-hydroxylation sites is 1. The highest BCUT2D eigenvalue weighted by atomic mass is 32.2. The summed E-state index contributed by atoms with van der Waals surface area (Å²) in [6, 6.07) is 8.12. The number of amides is 1. The summed E-state index contributed by atoms with van der Waals surface area (Å²) in [5.74, 6) is 1.15. The van der Waals surface area contributed by atoms with Gasteiger partial charge in [-0.15, -0.1) is 11.8 Å². The average molecular weight is 289 g/mol. The van der Waals surface area contributed by atoms with E-state index >= 15 is 0 Å². The molecular weight excluding hydrogens is 270 g/mol. The van der Waals surface area contributed by atoms with Crippen LogP contribution in [0.1, 0.15) is 6.92 Å². The summed E-state index contributed by atoms with van der Waals surface area (Å²) in [7, 11) is 4.04. The summed E-state index contributed by atoms with van der Waals surface area (Å²) in [4.78, 5) is 22.3. The van der Waals surface area contributed by atoms with E-state index in [9.17, 15) is 4.79 Å². The molecule has 20 heavy (non-hydrogen) atoms. The van der Waals surface area contributed by atoms with E-state index in [1.807, 2.05) is 44.1 Å². The van der Waals surface area contributed by atoms with Gasteiger partial charge in [0.25, 0.3) is 0 Å². The summed E-state index contributed by atoms with van der Waals surface area (Å²) in [5, 5.41) is 0.166. The van der Waals surface area contributed by atoms with Crippen LogP contribution in [0.15, 0.2) is 34.2 Å². The van der Waals surface area contributed by atoms with Crippen molar-refractivity contribution < 1.29 is 4.79 Å². The molecule has 0 bridgehead atoms. The number of likely N-dealkylation sites (tertiary alicyclic amines) is 1. The zero-order valence-electron chi connectivity index (χ0n) is 12.0. The lowest BCUT2D eigenvalue weighted by Gasteiger charge is -2.24. The third kappa shape index (κ3) is 2.25. The molecule has 1 saturated heterocycles. The molecular formula is C15H19N3OS. The number of hydrogen-bond donors (Lipinski definition) is 0. The minimum atomic E-state index is 0.00858. The molecule has 1 aromatic carbocycles. The number of aliphatic imine (C=N–C) groups is 1. The highest BCUT2D eigenvalue weighted by Gasteiger charge is 2.45. The number of amidine groups is 1. The Morgan fingerprint density at radius 1 is 1.35 bits per heavy atom. The maximum atomic E-state index is 12.4. The van der Waals surface area contributed by atoms with Crippen molar-refractivity contribution in [3.8, 4) is 0 Å². The van der Waals surface area contributed by atoms with Gasteiger partial charge in [-0.25, -0.2) is 4.99 Å². The fourth-order valence-electron chi connectivity index (χ4n) is 2.58. The first-order chi connectivity index (χ1) is 9.58. The minimum Gasteiger partial charge on any atom is -0.308 e. The van der Waals surface area contributed by atoms with Gasteiger partial charge < -0.3 is 4.90 Å². The fourth-order valence-corrected chi connectivity index (χ4v) is 3.85. The van der Waals surface area contributed by atoms with Crippen LogP contribution in [-0.4, -0.2) is 54.0 Å². The third-order valence-corrected chi connectivity index (χ3v) is 5.24. The predicted octanol–water partition coefficient (Wildman–Crippen LogP) is 2.23. The smallest absolute Gasteiger partial charge is 0.232 e. The van der Waals surface area contributed by atoms with E-state index in [4.69, 9.17) is 4.99 Å². The number of fused-ring (bicyclic) bond motifs is 2. The first-order valence-electron chi connectivity index (χ1n) is 6.88. The highest BCUT2D eigenvalue weighted by Crippen LogP contribution is 2.44. The van der Waals surface area contributed by atoms with E-state index in [0.29, 0.717) is 6.54 Å². The molecule has 2 atom stereocenters. The topological polar surface area (TPSA) is 35.9 Å². The van der Waals surface area contributed by atoms with Crippen LogP contribution in [0.2, 0.25) is 0 Å². The molecule has 1 amide bonds. The standard InChI is InChI=1S/C15H19N3OS/c1-10-13-14(18(15(10)19)9-8-17(2)3)16-11-6-4-5-7-12(11)20-13/h4-7,10,13H,8-9H2,1-3H3/t10-,13-/m1/s1. The molecule has 0 saturated carbocycles. The van der Waals surface area contributed by atoms with Crippen molar-refractivity contribution in [3.05, 3.63) is 24.3 Å². The van der Waals surface area contributed by atoms with Crippen molar-refractivity contribution in [3.63, 3.8) is 0 Å². The summed E-state index contributed by atoms with van der Waals surface area (Å²) in [5.41, 5.74) is 0.987. The minimum absolute atomic E-state index is 0.00858. The van der Waals surface area contributed by atoms with E-state index < -0.39 is 0 Å². The Morgan fingerprint density at radius 2 is 2.10 bits per heavy atom. The van der Waals surface area contributed by atoms with Crippen LogP contribution in [0, 0.1) is 5.92 Å². The molecule has 0 radical (unpaired) electrons. The second-order valence-corrected chi connectivity index (χ2v) is 6.74. The number of likely N-dealkylation sites (N-methyl/N-ethyl adjacent to an activating group) is 1. The maximum absolute atomic E-state index is 12.4. The molecule has 2 heterocycles. The van der Waals surface area contributed by atoms with Gasteiger partial charge in [0.05, 0.1) is 16.9 Å². The number of carbonyl (C=O) groups excluding carboxylic acids is 1. The Hall–Kier alpha value is -1.33. The number of hydrogen-bond acceptors (Lipinski definition) is 4. The van der Waals surface area contributed by atoms with Crippen LogP contribution < -0.4 is 0 Å². The van der Waals surface area contributed by atoms with Gasteiger partial charge in [0.1, 0.15) is 5.84 Å². The summed E-state index contributed by atoms with van der Waals surface area (Å²) >= 11 is 1.77. The Balaban J connectivity index is 1.93. The van der Waals surface area contributed by atoms with E-state index in [1.165, 1.54) is 4.90 Å². The van der Waals surface area contributed by atoms with Gasteiger partial charge in [0.15, 0.2) is 0 Å². The summed E-state index contributed by atoms with van der Waals surface area (Å²) < 4.78 is 0. The molecule has 1 aromatic rings. The monoisotopic (exact) mass is 289 g/mol. The van der Waals surface area contributed by atoms with Gasteiger partial charge in [-0.2, -0.15) is 0 Å². The SMILES string of the molecule is C[C@H]1C(=O)N(CCN(C)C)C2=Nc3ccccc3S[C@@H]21. The molecule has 1 fully saturated rings. The molecule has 106 valence electrons. The first kappa shape index (κ1) is 13.6. The van der Waals surface area contributed by atoms with E-state index in [1.54, 1.807) is 11.8 Å². The average Bonchev–Trinajstić information content (AvgIpc) is 2.66. The van der Waals surface area contributed by atoms with Crippen LogP contribution in [0.3, 0.4) is 0 Å². The molecule has 2 aliphatic rings.